The highest BCUT2D eigenvalue weighted by Gasteiger charge is 2.16. The summed E-state index contributed by atoms with van der Waals surface area (Å²) in [5, 5.41) is 3.10. The molecule has 6 heteroatoms. The summed E-state index contributed by atoms with van der Waals surface area (Å²) in [4.78, 5) is 11.9. The van der Waals surface area contributed by atoms with Gasteiger partial charge in [0.1, 0.15) is 0 Å². The lowest BCUT2D eigenvalue weighted by atomic mass is 10.1. The van der Waals surface area contributed by atoms with Crippen LogP contribution in [0.3, 0.4) is 0 Å². The van der Waals surface area contributed by atoms with Gasteiger partial charge in [-0.2, -0.15) is 0 Å². The van der Waals surface area contributed by atoms with Crippen LogP contribution in [0.2, 0.25) is 5.02 Å². The third-order valence-electron chi connectivity index (χ3n) is 3.33. The molecule has 1 N–H and O–H groups in total. The van der Waals surface area contributed by atoms with Crippen molar-refractivity contribution in [2.24, 2.45) is 0 Å². The van der Waals surface area contributed by atoms with Crippen molar-refractivity contribution < 1.29 is 13.2 Å². The number of rotatable bonds is 7. The first-order valence-electron chi connectivity index (χ1n) is 7.26. The zero-order valence-electron chi connectivity index (χ0n) is 12.5. The van der Waals surface area contributed by atoms with Crippen LogP contribution in [0.4, 0.5) is 0 Å². The molecule has 0 radical (unpaired) electrons. The van der Waals surface area contributed by atoms with Crippen LogP contribution in [-0.4, -0.2) is 26.6 Å². The summed E-state index contributed by atoms with van der Waals surface area (Å²) < 4.78 is 24.3. The van der Waals surface area contributed by atoms with E-state index in [2.05, 4.69) is 5.32 Å². The molecule has 2 aromatic rings. The maximum absolute atomic E-state index is 12.1. The third-order valence-corrected chi connectivity index (χ3v) is 5.28. The smallest absolute Gasteiger partial charge is 0.221 e. The molecule has 23 heavy (non-hydrogen) atoms. The van der Waals surface area contributed by atoms with Gasteiger partial charge in [-0.1, -0.05) is 48.0 Å². The summed E-state index contributed by atoms with van der Waals surface area (Å²) in [5.74, 6) is -0.503. The number of hydrogen-bond acceptors (Lipinski definition) is 3. The number of sulfone groups is 1. The highest BCUT2D eigenvalue weighted by atomic mass is 35.5. The molecule has 0 aromatic heterocycles. The quantitative estimate of drug-likeness (QED) is 0.834. The Kier molecular flexibility index (Phi) is 6.19. The second-order valence-electron chi connectivity index (χ2n) is 5.11. The summed E-state index contributed by atoms with van der Waals surface area (Å²) in [6.45, 7) is 0.486. The van der Waals surface area contributed by atoms with E-state index in [1.54, 1.807) is 12.1 Å². The Morgan fingerprint density at radius 1 is 1.04 bits per heavy atom. The fourth-order valence-electron chi connectivity index (χ4n) is 2.08. The normalized spacial score (nSPS) is 11.2. The zero-order chi connectivity index (χ0) is 16.7. The third kappa shape index (κ3) is 5.69. The van der Waals surface area contributed by atoms with E-state index in [1.165, 1.54) is 12.1 Å². The molecule has 0 aliphatic carbocycles. The first kappa shape index (κ1) is 17.5. The fraction of sp³-hybridized carbons (Fsp3) is 0.235. The number of benzene rings is 2. The fourth-order valence-corrected chi connectivity index (χ4v) is 3.62. The molecule has 2 rings (SSSR count). The van der Waals surface area contributed by atoms with Crippen molar-refractivity contribution in [2.75, 3.05) is 12.3 Å². The molecule has 0 fully saturated rings. The van der Waals surface area contributed by atoms with Crippen LogP contribution in [0.25, 0.3) is 0 Å². The molecule has 4 nitrogen and oxygen atoms in total. The molecule has 0 saturated carbocycles. The van der Waals surface area contributed by atoms with Gasteiger partial charge in [-0.05, 0) is 30.2 Å². The maximum atomic E-state index is 12.1. The predicted molar refractivity (Wildman–Crippen MR) is 91.3 cm³/mol. The van der Waals surface area contributed by atoms with Gasteiger partial charge in [0.05, 0.1) is 10.6 Å². The van der Waals surface area contributed by atoms with Crippen LogP contribution in [0.1, 0.15) is 12.0 Å². The van der Waals surface area contributed by atoms with Crippen molar-refractivity contribution in [3.8, 4) is 0 Å². The Balaban J connectivity index is 1.79. The molecule has 0 aliphatic rings. The van der Waals surface area contributed by atoms with Crippen LogP contribution in [0.5, 0.6) is 0 Å². The molecule has 2 aromatic carbocycles. The van der Waals surface area contributed by atoms with Crippen molar-refractivity contribution in [3.05, 3.63) is 65.2 Å². The van der Waals surface area contributed by atoms with Crippen molar-refractivity contribution in [1.82, 2.24) is 5.32 Å². The molecule has 0 atom stereocenters. The average molecular weight is 352 g/mol. The van der Waals surface area contributed by atoms with E-state index < -0.39 is 9.84 Å². The van der Waals surface area contributed by atoms with Gasteiger partial charge in [-0.3, -0.25) is 4.79 Å². The van der Waals surface area contributed by atoms with Crippen LogP contribution in [0, 0.1) is 0 Å². The summed E-state index contributed by atoms with van der Waals surface area (Å²) in [6.07, 6.45) is 0.650. The van der Waals surface area contributed by atoms with E-state index >= 15 is 0 Å². The van der Waals surface area contributed by atoms with Crippen LogP contribution < -0.4 is 5.32 Å². The maximum Gasteiger partial charge on any atom is 0.221 e. The number of carbonyl (C=O) groups excluding carboxylic acids is 1. The minimum Gasteiger partial charge on any atom is -0.356 e. The number of halogens is 1. The predicted octanol–water partition coefficient (Wildman–Crippen LogP) is 2.86. The molecule has 0 spiro atoms. The van der Waals surface area contributed by atoms with E-state index in [1.807, 2.05) is 30.3 Å². The highest BCUT2D eigenvalue weighted by Crippen LogP contribution is 2.17. The van der Waals surface area contributed by atoms with E-state index in [4.69, 9.17) is 11.6 Å². The van der Waals surface area contributed by atoms with Crippen molar-refractivity contribution in [3.63, 3.8) is 0 Å². The second-order valence-corrected chi connectivity index (χ2v) is 7.66. The van der Waals surface area contributed by atoms with Gasteiger partial charge in [0, 0.05) is 18.0 Å². The molecule has 0 heterocycles. The largest absolute Gasteiger partial charge is 0.356 e. The molecular weight excluding hydrogens is 334 g/mol. The summed E-state index contributed by atoms with van der Waals surface area (Å²) in [7, 11) is -3.50. The molecule has 0 bridgehead atoms. The summed E-state index contributed by atoms with van der Waals surface area (Å²) in [5.41, 5.74) is 1.12. The van der Waals surface area contributed by atoms with Gasteiger partial charge in [-0.25, -0.2) is 8.42 Å². The van der Waals surface area contributed by atoms with E-state index in [-0.39, 0.29) is 23.0 Å². The molecule has 0 aliphatic heterocycles. The van der Waals surface area contributed by atoms with Gasteiger partial charge >= 0.3 is 0 Å². The Labute approximate surface area is 141 Å². The van der Waals surface area contributed by atoms with Gasteiger partial charge < -0.3 is 5.32 Å². The Morgan fingerprint density at radius 2 is 1.78 bits per heavy atom. The lowest BCUT2D eigenvalue weighted by Crippen LogP contribution is -2.27. The number of amides is 1. The van der Waals surface area contributed by atoms with Crippen LogP contribution in [-0.2, 0) is 21.1 Å². The van der Waals surface area contributed by atoms with E-state index in [0.717, 1.165) is 5.56 Å². The number of nitrogens with one attached hydrogen (secondary N) is 1. The van der Waals surface area contributed by atoms with Crippen LogP contribution in [0.15, 0.2) is 59.5 Å². The zero-order valence-corrected chi connectivity index (χ0v) is 14.1. The first-order valence-corrected chi connectivity index (χ1v) is 9.29. The Morgan fingerprint density at radius 3 is 2.48 bits per heavy atom. The molecule has 0 unspecified atom stereocenters. The summed E-state index contributed by atoms with van der Waals surface area (Å²) in [6, 6.07) is 15.8. The monoisotopic (exact) mass is 351 g/mol. The number of carbonyl (C=O) groups is 1. The van der Waals surface area contributed by atoms with E-state index in [0.29, 0.717) is 18.0 Å². The van der Waals surface area contributed by atoms with Crippen molar-refractivity contribution in [2.45, 2.75) is 17.7 Å². The number of hydrogen-bond donors (Lipinski definition) is 1. The minimum atomic E-state index is -3.50. The van der Waals surface area contributed by atoms with Gasteiger partial charge in [-0.15, -0.1) is 0 Å². The lowest BCUT2D eigenvalue weighted by molar-refractivity contribution is -0.120. The molecule has 0 saturated heterocycles. The van der Waals surface area contributed by atoms with Gasteiger partial charge in [0.25, 0.3) is 0 Å². The molecular formula is C17H18ClNO3S. The van der Waals surface area contributed by atoms with Crippen molar-refractivity contribution in [1.29, 1.82) is 0 Å². The Bertz CT molecular complexity index is 760. The Hall–Kier alpha value is -1.85. The molecule has 1 amide bonds. The highest BCUT2D eigenvalue weighted by molar-refractivity contribution is 7.91. The summed E-state index contributed by atoms with van der Waals surface area (Å²) >= 11 is 5.80. The second kappa shape index (κ2) is 8.13. The van der Waals surface area contributed by atoms with Gasteiger partial charge in [0.2, 0.25) is 5.91 Å². The van der Waals surface area contributed by atoms with E-state index in [9.17, 15) is 13.2 Å². The lowest BCUT2D eigenvalue weighted by Gasteiger charge is -2.07. The standard InChI is InChI=1S/C17H18ClNO3S/c18-15-7-4-8-16(13-15)23(21,22)12-10-17(20)19-11-9-14-5-2-1-3-6-14/h1-8,13H,9-12H2,(H,19,20). The average Bonchev–Trinajstić information content (AvgIpc) is 2.54. The van der Waals surface area contributed by atoms with Crippen molar-refractivity contribution >= 4 is 27.3 Å². The van der Waals surface area contributed by atoms with Crippen LogP contribution >= 0.6 is 11.6 Å². The first-order chi connectivity index (χ1) is 11.0. The van der Waals surface area contributed by atoms with Gasteiger partial charge in [0.15, 0.2) is 9.84 Å². The minimum absolute atomic E-state index is 0.0658. The topological polar surface area (TPSA) is 63.2 Å². The SMILES string of the molecule is O=C(CCS(=O)(=O)c1cccc(Cl)c1)NCCc1ccccc1. The molecule has 122 valence electrons.